The van der Waals surface area contributed by atoms with E-state index in [1.165, 1.54) is 11.8 Å². The quantitative estimate of drug-likeness (QED) is 0.289. The van der Waals surface area contributed by atoms with Gasteiger partial charge in [-0.3, -0.25) is 9.69 Å². The van der Waals surface area contributed by atoms with Crippen molar-refractivity contribution >= 4 is 56.7 Å². The number of rotatable bonds is 7. The van der Waals surface area contributed by atoms with Crippen molar-refractivity contribution in [3.8, 4) is 11.5 Å². The van der Waals surface area contributed by atoms with E-state index in [1.54, 1.807) is 4.90 Å². The third-order valence-electron chi connectivity index (χ3n) is 4.94. The summed E-state index contributed by atoms with van der Waals surface area (Å²) in [5.41, 5.74) is 1.67. The van der Waals surface area contributed by atoms with E-state index < -0.39 is 0 Å². The van der Waals surface area contributed by atoms with Crippen LogP contribution < -0.4 is 14.4 Å². The second-order valence-electron chi connectivity index (χ2n) is 7.86. The molecule has 4 nitrogen and oxygen atoms in total. The lowest BCUT2D eigenvalue weighted by Gasteiger charge is -2.17. The van der Waals surface area contributed by atoms with Crippen LogP contribution in [0.5, 0.6) is 11.5 Å². The molecular weight excluding hydrogens is 438 g/mol. The second kappa shape index (κ2) is 9.76. The van der Waals surface area contributed by atoms with E-state index in [9.17, 15) is 4.79 Å². The number of anilines is 1. The highest BCUT2D eigenvalue weighted by Gasteiger charge is 2.34. The van der Waals surface area contributed by atoms with Crippen LogP contribution in [0.15, 0.2) is 65.6 Å². The number of thioether (sulfide) groups is 1. The summed E-state index contributed by atoms with van der Waals surface area (Å²) in [5, 5.41) is 2.07. The van der Waals surface area contributed by atoms with Gasteiger partial charge >= 0.3 is 0 Å². The Kier molecular flexibility index (Phi) is 6.82. The zero-order chi connectivity index (χ0) is 22.7. The summed E-state index contributed by atoms with van der Waals surface area (Å²) >= 11 is 6.90. The molecule has 3 aromatic carbocycles. The molecule has 0 saturated carbocycles. The molecule has 1 aliphatic rings. The highest BCUT2D eigenvalue weighted by Crippen LogP contribution is 2.39. The number of benzene rings is 3. The molecule has 164 valence electrons. The fourth-order valence-electron chi connectivity index (χ4n) is 3.49. The summed E-state index contributed by atoms with van der Waals surface area (Å²) in [6.45, 7) is 7.29. The van der Waals surface area contributed by atoms with Gasteiger partial charge in [0, 0.05) is 5.39 Å². The largest absolute Gasteiger partial charge is 0.490 e. The highest BCUT2D eigenvalue weighted by atomic mass is 32.2. The Hall–Kier alpha value is -2.83. The molecule has 0 unspecified atom stereocenters. The molecule has 0 spiro atoms. The average molecular weight is 464 g/mol. The van der Waals surface area contributed by atoms with Gasteiger partial charge in [-0.2, -0.15) is 0 Å². The Morgan fingerprint density at radius 1 is 1.03 bits per heavy atom. The molecule has 0 N–H and O–H groups in total. The molecule has 6 heteroatoms. The zero-order valence-electron chi connectivity index (χ0n) is 18.3. The molecule has 0 aromatic heterocycles. The van der Waals surface area contributed by atoms with Crippen LogP contribution in [0, 0.1) is 5.92 Å². The fourth-order valence-corrected chi connectivity index (χ4v) is 4.77. The number of ether oxygens (including phenoxy) is 2. The first kappa shape index (κ1) is 22.4. The molecule has 0 atom stereocenters. The minimum atomic E-state index is -0.116. The van der Waals surface area contributed by atoms with Crippen molar-refractivity contribution in [2.75, 3.05) is 18.1 Å². The number of nitrogens with zero attached hydrogens (tertiary/aromatic N) is 1. The number of amides is 1. The third-order valence-corrected chi connectivity index (χ3v) is 6.24. The van der Waals surface area contributed by atoms with Crippen molar-refractivity contribution in [2.45, 2.75) is 20.8 Å². The minimum Gasteiger partial charge on any atom is -0.490 e. The molecule has 1 aliphatic heterocycles. The van der Waals surface area contributed by atoms with Gasteiger partial charge in [-0.15, -0.1) is 0 Å². The van der Waals surface area contributed by atoms with Crippen LogP contribution in [0.4, 0.5) is 5.69 Å². The monoisotopic (exact) mass is 463 g/mol. The smallest absolute Gasteiger partial charge is 0.270 e. The van der Waals surface area contributed by atoms with Crippen LogP contribution >= 0.6 is 24.0 Å². The van der Waals surface area contributed by atoms with Gasteiger partial charge in [0.05, 0.1) is 23.8 Å². The first-order valence-corrected chi connectivity index (χ1v) is 11.9. The predicted molar refractivity (Wildman–Crippen MR) is 138 cm³/mol. The number of carbonyl (C=O) groups is 1. The Balaban J connectivity index is 1.65. The number of carbonyl (C=O) groups excluding carboxylic acids is 1. The molecule has 0 aliphatic carbocycles. The lowest BCUT2D eigenvalue weighted by Crippen LogP contribution is -2.27. The van der Waals surface area contributed by atoms with E-state index in [2.05, 4.69) is 13.8 Å². The SMILES string of the molecule is CCOc1cc(/C=C2/SC(=S)N(c3cccc4ccccc34)C2=O)ccc1OCC(C)C. The average Bonchev–Trinajstić information content (AvgIpc) is 3.05. The second-order valence-corrected chi connectivity index (χ2v) is 9.54. The maximum absolute atomic E-state index is 13.3. The van der Waals surface area contributed by atoms with Crippen LogP contribution in [-0.2, 0) is 4.79 Å². The minimum absolute atomic E-state index is 0.116. The van der Waals surface area contributed by atoms with Gasteiger partial charge in [0.1, 0.15) is 0 Å². The topological polar surface area (TPSA) is 38.8 Å². The number of thiocarbonyl (C=S) groups is 1. The maximum atomic E-state index is 13.3. The van der Waals surface area contributed by atoms with Crippen molar-refractivity contribution in [2.24, 2.45) is 5.92 Å². The lowest BCUT2D eigenvalue weighted by atomic mass is 10.1. The van der Waals surface area contributed by atoms with E-state index in [1.807, 2.05) is 73.7 Å². The van der Waals surface area contributed by atoms with Crippen LogP contribution in [0.1, 0.15) is 26.3 Å². The molecule has 1 amide bonds. The molecular formula is C26H25NO3S2. The molecule has 0 radical (unpaired) electrons. The summed E-state index contributed by atoms with van der Waals surface area (Å²) in [6.07, 6.45) is 1.86. The van der Waals surface area contributed by atoms with Crippen LogP contribution in [0.2, 0.25) is 0 Å². The van der Waals surface area contributed by atoms with Crippen molar-refractivity contribution in [1.29, 1.82) is 0 Å². The predicted octanol–water partition coefficient (Wildman–Crippen LogP) is 6.68. The summed E-state index contributed by atoms with van der Waals surface area (Å²) < 4.78 is 12.2. The van der Waals surface area contributed by atoms with Crippen molar-refractivity contribution in [1.82, 2.24) is 0 Å². The number of hydrogen-bond donors (Lipinski definition) is 0. The first-order valence-electron chi connectivity index (χ1n) is 10.6. The molecule has 3 aromatic rings. The normalized spacial score (nSPS) is 15.2. The Bertz CT molecular complexity index is 1200. The fraction of sp³-hybridized carbons (Fsp3) is 0.231. The molecule has 1 fully saturated rings. The summed E-state index contributed by atoms with van der Waals surface area (Å²) in [4.78, 5) is 15.5. The van der Waals surface area contributed by atoms with E-state index in [0.717, 1.165) is 22.0 Å². The van der Waals surface area contributed by atoms with E-state index in [4.69, 9.17) is 21.7 Å². The Morgan fingerprint density at radius 3 is 2.59 bits per heavy atom. The van der Waals surface area contributed by atoms with Gasteiger partial charge in [0.15, 0.2) is 15.8 Å². The molecule has 4 rings (SSSR count). The van der Waals surface area contributed by atoms with Gasteiger partial charge in [0.2, 0.25) is 0 Å². The van der Waals surface area contributed by atoms with Gasteiger partial charge in [-0.1, -0.05) is 80.3 Å². The van der Waals surface area contributed by atoms with Crippen molar-refractivity contribution in [3.63, 3.8) is 0 Å². The van der Waals surface area contributed by atoms with Gasteiger partial charge in [0.25, 0.3) is 5.91 Å². The number of hydrogen-bond acceptors (Lipinski definition) is 5. The number of fused-ring (bicyclic) bond motifs is 1. The molecule has 1 heterocycles. The van der Waals surface area contributed by atoms with Gasteiger partial charge < -0.3 is 9.47 Å². The maximum Gasteiger partial charge on any atom is 0.270 e. The summed E-state index contributed by atoms with van der Waals surface area (Å²) in [5.74, 6) is 1.68. The summed E-state index contributed by atoms with van der Waals surface area (Å²) in [7, 11) is 0. The molecule has 0 bridgehead atoms. The van der Waals surface area contributed by atoms with E-state index in [-0.39, 0.29) is 5.91 Å². The highest BCUT2D eigenvalue weighted by molar-refractivity contribution is 8.27. The zero-order valence-corrected chi connectivity index (χ0v) is 20.0. The molecule has 32 heavy (non-hydrogen) atoms. The Labute approximate surface area is 198 Å². The summed E-state index contributed by atoms with van der Waals surface area (Å²) in [6, 6.07) is 19.6. The molecule has 1 saturated heterocycles. The van der Waals surface area contributed by atoms with Crippen LogP contribution in [0.3, 0.4) is 0 Å². The van der Waals surface area contributed by atoms with Gasteiger partial charge in [-0.25, -0.2) is 0 Å². The first-order chi connectivity index (χ1) is 15.5. The standard InChI is InChI=1S/C26H25NO3S2/c1-4-29-23-14-18(12-13-22(23)30-16-17(2)3)15-24-25(28)27(26(31)32-24)21-11-7-9-19-8-5-6-10-20(19)21/h5-15,17H,4,16H2,1-3H3/b24-15+. The third kappa shape index (κ3) is 4.66. The van der Waals surface area contributed by atoms with Crippen molar-refractivity contribution in [3.05, 3.63) is 71.1 Å². The van der Waals surface area contributed by atoms with Gasteiger partial charge in [-0.05, 0) is 48.1 Å². The van der Waals surface area contributed by atoms with Crippen LogP contribution in [0.25, 0.3) is 16.8 Å². The van der Waals surface area contributed by atoms with Crippen LogP contribution in [-0.4, -0.2) is 23.4 Å². The van der Waals surface area contributed by atoms with Crippen molar-refractivity contribution < 1.29 is 14.3 Å². The lowest BCUT2D eigenvalue weighted by molar-refractivity contribution is -0.113. The van der Waals surface area contributed by atoms with E-state index in [0.29, 0.717) is 39.9 Å². The van der Waals surface area contributed by atoms with E-state index >= 15 is 0 Å². The Morgan fingerprint density at radius 2 is 1.81 bits per heavy atom.